The van der Waals surface area contributed by atoms with Crippen molar-refractivity contribution in [1.29, 1.82) is 0 Å². The molecule has 0 aromatic heterocycles. The second-order valence-electron chi connectivity index (χ2n) is 4.50. The topological polar surface area (TPSA) is 32.3 Å². The molecule has 1 aliphatic heterocycles. The molecule has 0 amide bonds. The Morgan fingerprint density at radius 2 is 2.15 bits per heavy atom. The Morgan fingerprint density at radius 3 is 2.54 bits per heavy atom. The molecule has 2 N–H and O–H groups in total. The molecule has 0 aromatic rings. The molecule has 1 rings (SSSR count). The van der Waals surface area contributed by atoms with Gasteiger partial charge in [0.15, 0.2) is 0 Å². The maximum Gasteiger partial charge on any atom is 0.0820 e. The fourth-order valence-corrected chi connectivity index (χ4v) is 2.34. The van der Waals surface area contributed by atoms with Gasteiger partial charge in [-0.2, -0.15) is 0 Å². The number of nitrogens with one attached hydrogen (secondary N) is 1. The first-order chi connectivity index (χ1) is 6.11. The van der Waals surface area contributed by atoms with Gasteiger partial charge in [-0.3, -0.25) is 0 Å². The monoisotopic (exact) mass is 185 g/mol. The van der Waals surface area contributed by atoms with Gasteiger partial charge >= 0.3 is 0 Å². The summed E-state index contributed by atoms with van der Waals surface area (Å²) in [6.45, 7) is 7.37. The molecule has 0 aliphatic carbocycles. The first-order valence-electron chi connectivity index (χ1n) is 5.57. The normalized spacial score (nSPS) is 28.8. The fraction of sp³-hybridized carbons (Fsp3) is 1.00. The van der Waals surface area contributed by atoms with E-state index in [2.05, 4.69) is 26.1 Å². The Morgan fingerprint density at radius 1 is 1.46 bits per heavy atom. The third kappa shape index (κ3) is 2.23. The van der Waals surface area contributed by atoms with Crippen LogP contribution in [0.15, 0.2) is 0 Å². The SMILES string of the molecule is CCC(O)(C(C)C)C1CCCCN1. The zero-order valence-electron chi connectivity index (χ0n) is 9.14. The minimum Gasteiger partial charge on any atom is -0.388 e. The minimum atomic E-state index is -0.500. The predicted octanol–water partition coefficient (Wildman–Crippen LogP) is 1.93. The Bertz CT molecular complexity index is 152. The number of aliphatic hydroxyl groups is 1. The first kappa shape index (κ1) is 11.0. The average molecular weight is 185 g/mol. The molecule has 78 valence electrons. The molecule has 2 nitrogen and oxygen atoms in total. The van der Waals surface area contributed by atoms with Gasteiger partial charge in [-0.15, -0.1) is 0 Å². The molecule has 0 saturated carbocycles. The Kier molecular flexibility index (Phi) is 3.74. The van der Waals surface area contributed by atoms with E-state index in [1.54, 1.807) is 0 Å². The van der Waals surface area contributed by atoms with Crippen LogP contribution in [0.3, 0.4) is 0 Å². The first-order valence-corrected chi connectivity index (χ1v) is 5.57. The van der Waals surface area contributed by atoms with Crippen molar-refractivity contribution >= 4 is 0 Å². The van der Waals surface area contributed by atoms with Crippen molar-refractivity contribution in [3.8, 4) is 0 Å². The van der Waals surface area contributed by atoms with E-state index in [1.165, 1.54) is 12.8 Å². The molecule has 1 saturated heterocycles. The molecule has 0 aromatic carbocycles. The lowest BCUT2D eigenvalue weighted by atomic mass is 9.78. The second-order valence-corrected chi connectivity index (χ2v) is 4.50. The summed E-state index contributed by atoms with van der Waals surface area (Å²) in [6.07, 6.45) is 4.49. The summed E-state index contributed by atoms with van der Waals surface area (Å²) in [5.41, 5.74) is -0.500. The summed E-state index contributed by atoms with van der Waals surface area (Å²) in [4.78, 5) is 0. The predicted molar refractivity (Wildman–Crippen MR) is 55.7 cm³/mol. The van der Waals surface area contributed by atoms with Crippen molar-refractivity contribution < 1.29 is 5.11 Å². The standard InChI is InChI=1S/C11H23NO/c1-4-11(13,9(2)3)10-7-5-6-8-12-10/h9-10,12-13H,4-8H2,1-3H3. The highest BCUT2D eigenvalue weighted by atomic mass is 16.3. The number of hydrogen-bond acceptors (Lipinski definition) is 2. The van der Waals surface area contributed by atoms with E-state index in [9.17, 15) is 5.11 Å². The molecule has 0 spiro atoms. The molecule has 1 aliphatic rings. The van der Waals surface area contributed by atoms with E-state index >= 15 is 0 Å². The molecular formula is C11H23NO. The van der Waals surface area contributed by atoms with Crippen LogP contribution in [0, 0.1) is 5.92 Å². The second kappa shape index (κ2) is 4.43. The van der Waals surface area contributed by atoms with Gasteiger partial charge in [0.2, 0.25) is 0 Å². The van der Waals surface area contributed by atoms with Crippen molar-refractivity contribution in [2.45, 2.75) is 58.1 Å². The highest BCUT2D eigenvalue weighted by molar-refractivity contribution is 4.94. The zero-order chi connectivity index (χ0) is 9.90. The van der Waals surface area contributed by atoms with E-state index in [0.29, 0.717) is 12.0 Å². The summed E-state index contributed by atoms with van der Waals surface area (Å²) in [6, 6.07) is 0.311. The molecular weight excluding hydrogens is 162 g/mol. The summed E-state index contributed by atoms with van der Waals surface area (Å²) in [5.74, 6) is 0.341. The lowest BCUT2D eigenvalue weighted by molar-refractivity contribution is -0.0497. The average Bonchev–Trinajstić information content (AvgIpc) is 2.17. The van der Waals surface area contributed by atoms with Crippen LogP contribution in [0.2, 0.25) is 0 Å². The highest BCUT2D eigenvalue weighted by Gasteiger charge is 2.38. The molecule has 0 bridgehead atoms. The van der Waals surface area contributed by atoms with Gasteiger partial charge in [0.05, 0.1) is 5.60 Å². The molecule has 13 heavy (non-hydrogen) atoms. The molecule has 2 unspecified atom stereocenters. The summed E-state index contributed by atoms with van der Waals surface area (Å²) >= 11 is 0. The van der Waals surface area contributed by atoms with Crippen molar-refractivity contribution in [3.05, 3.63) is 0 Å². The molecule has 2 heteroatoms. The smallest absolute Gasteiger partial charge is 0.0820 e. The van der Waals surface area contributed by atoms with Crippen LogP contribution < -0.4 is 5.32 Å². The van der Waals surface area contributed by atoms with Crippen LogP contribution >= 0.6 is 0 Å². The van der Waals surface area contributed by atoms with Gasteiger partial charge < -0.3 is 10.4 Å². The van der Waals surface area contributed by atoms with Crippen molar-refractivity contribution in [2.24, 2.45) is 5.92 Å². The van der Waals surface area contributed by atoms with Crippen LogP contribution in [0.4, 0.5) is 0 Å². The van der Waals surface area contributed by atoms with Gasteiger partial charge in [-0.1, -0.05) is 27.2 Å². The fourth-order valence-electron chi connectivity index (χ4n) is 2.34. The molecule has 1 heterocycles. The van der Waals surface area contributed by atoms with Crippen molar-refractivity contribution in [3.63, 3.8) is 0 Å². The third-order valence-electron chi connectivity index (χ3n) is 3.48. The minimum absolute atomic E-state index is 0.311. The number of rotatable bonds is 3. The van der Waals surface area contributed by atoms with E-state index in [-0.39, 0.29) is 0 Å². The maximum atomic E-state index is 10.5. The molecule has 2 atom stereocenters. The van der Waals surface area contributed by atoms with Crippen LogP contribution in [-0.4, -0.2) is 23.3 Å². The Hall–Kier alpha value is -0.0800. The maximum absolute atomic E-state index is 10.5. The van der Waals surface area contributed by atoms with Crippen LogP contribution in [-0.2, 0) is 0 Å². The van der Waals surface area contributed by atoms with E-state index in [4.69, 9.17) is 0 Å². The molecule has 1 fully saturated rings. The lowest BCUT2D eigenvalue weighted by Gasteiger charge is -2.41. The highest BCUT2D eigenvalue weighted by Crippen LogP contribution is 2.29. The van der Waals surface area contributed by atoms with Crippen LogP contribution in [0.1, 0.15) is 46.5 Å². The van der Waals surface area contributed by atoms with Gasteiger partial charge in [-0.25, -0.2) is 0 Å². The number of hydrogen-bond donors (Lipinski definition) is 2. The summed E-state index contributed by atoms with van der Waals surface area (Å²) in [5, 5.41) is 13.9. The van der Waals surface area contributed by atoms with Gasteiger partial charge in [-0.05, 0) is 31.7 Å². The van der Waals surface area contributed by atoms with Gasteiger partial charge in [0.25, 0.3) is 0 Å². The zero-order valence-corrected chi connectivity index (χ0v) is 9.14. The van der Waals surface area contributed by atoms with E-state index < -0.39 is 5.60 Å². The van der Waals surface area contributed by atoms with Crippen LogP contribution in [0.5, 0.6) is 0 Å². The lowest BCUT2D eigenvalue weighted by Crippen LogP contribution is -2.55. The van der Waals surface area contributed by atoms with Crippen LogP contribution in [0.25, 0.3) is 0 Å². The Balaban J connectivity index is 2.62. The largest absolute Gasteiger partial charge is 0.388 e. The number of piperidine rings is 1. The Labute approximate surface area is 81.7 Å². The summed E-state index contributed by atoms with van der Waals surface area (Å²) in [7, 11) is 0. The summed E-state index contributed by atoms with van der Waals surface area (Å²) < 4.78 is 0. The van der Waals surface area contributed by atoms with Gasteiger partial charge in [0, 0.05) is 6.04 Å². The molecule has 0 radical (unpaired) electrons. The third-order valence-corrected chi connectivity index (χ3v) is 3.48. The van der Waals surface area contributed by atoms with Crippen molar-refractivity contribution in [2.75, 3.05) is 6.54 Å². The quantitative estimate of drug-likeness (QED) is 0.704. The van der Waals surface area contributed by atoms with Gasteiger partial charge in [0.1, 0.15) is 0 Å². The van der Waals surface area contributed by atoms with E-state index in [0.717, 1.165) is 19.4 Å². The van der Waals surface area contributed by atoms with E-state index in [1.807, 2.05) is 0 Å². The van der Waals surface area contributed by atoms with Crippen molar-refractivity contribution in [1.82, 2.24) is 5.32 Å².